The highest BCUT2D eigenvalue weighted by Crippen LogP contribution is 2.03. The Morgan fingerprint density at radius 2 is 2.17 bits per heavy atom. The van der Waals surface area contributed by atoms with E-state index in [2.05, 4.69) is 15.5 Å². The van der Waals surface area contributed by atoms with Crippen molar-refractivity contribution in [3.63, 3.8) is 0 Å². The summed E-state index contributed by atoms with van der Waals surface area (Å²) in [6, 6.07) is 0.287. The van der Waals surface area contributed by atoms with Crippen LogP contribution in [-0.4, -0.2) is 19.6 Å². The molecule has 0 aliphatic heterocycles. The third kappa shape index (κ3) is 6.04. The van der Waals surface area contributed by atoms with Gasteiger partial charge in [-0.2, -0.15) is 10.2 Å². The summed E-state index contributed by atoms with van der Waals surface area (Å²) in [4.78, 5) is 0. The van der Waals surface area contributed by atoms with Gasteiger partial charge in [-0.3, -0.25) is 0 Å². The molecule has 3 heteroatoms. The van der Waals surface area contributed by atoms with Crippen LogP contribution < -0.4 is 5.32 Å². The van der Waals surface area contributed by atoms with E-state index in [0.717, 1.165) is 18.7 Å². The lowest BCUT2D eigenvalue weighted by atomic mass is 10.3. The number of hydrogen-bond donors (Lipinski definition) is 1. The lowest BCUT2D eigenvalue weighted by Crippen LogP contribution is -2.07. The zero-order valence-electron chi connectivity index (χ0n) is 8.46. The van der Waals surface area contributed by atoms with E-state index in [0.29, 0.717) is 0 Å². The van der Waals surface area contributed by atoms with Crippen molar-refractivity contribution >= 4 is 0 Å². The van der Waals surface area contributed by atoms with Crippen molar-refractivity contribution in [1.29, 1.82) is 0 Å². The van der Waals surface area contributed by atoms with E-state index < -0.39 is 0 Å². The molecule has 70 valence electrons. The smallest absolute Gasteiger partial charge is 0.0656 e. The summed E-state index contributed by atoms with van der Waals surface area (Å²) in [7, 11) is 1.94. The fourth-order valence-electron chi connectivity index (χ4n) is 0.695. The van der Waals surface area contributed by atoms with E-state index in [9.17, 15) is 0 Å². The van der Waals surface area contributed by atoms with Gasteiger partial charge in [-0.25, -0.2) is 0 Å². The van der Waals surface area contributed by atoms with Crippen LogP contribution in [-0.2, 0) is 0 Å². The summed E-state index contributed by atoms with van der Waals surface area (Å²) < 4.78 is 0. The predicted octanol–water partition coefficient (Wildman–Crippen LogP) is 2.36. The average Bonchev–Trinajstić information content (AvgIpc) is 2.05. The largest absolute Gasteiger partial charge is 0.319 e. The molecule has 0 unspecified atom stereocenters. The third-order valence-corrected chi connectivity index (χ3v) is 1.38. The lowest BCUT2D eigenvalue weighted by Gasteiger charge is -1.99. The van der Waals surface area contributed by atoms with Gasteiger partial charge < -0.3 is 5.32 Å². The monoisotopic (exact) mass is 169 g/mol. The Labute approximate surface area is 75.0 Å². The molecule has 0 aliphatic rings. The molecule has 0 spiro atoms. The zero-order valence-corrected chi connectivity index (χ0v) is 8.46. The number of azo groups is 1. The first-order chi connectivity index (χ1) is 5.70. The van der Waals surface area contributed by atoms with E-state index >= 15 is 0 Å². The fraction of sp³-hybridized carbons (Fsp3) is 0.778. The molecule has 0 fully saturated rings. The maximum Gasteiger partial charge on any atom is 0.0656 e. The van der Waals surface area contributed by atoms with Crippen molar-refractivity contribution in [2.45, 2.75) is 33.2 Å². The molecule has 0 aromatic rings. The van der Waals surface area contributed by atoms with Crippen LogP contribution in [0.5, 0.6) is 0 Å². The minimum atomic E-state index is 0.287. The molecule has 0 heterocycles. The van der Waals surface area contributed by atoms with E-state index in [-0.39, 0.29) is 6.04 Å². The Morgan fingerprint density at radius 1 is 1.50 bits per heavy atom. The topological polar surface area (TPSA) is 36.8 Å². The molecular formula is C9H19N3. The van der Waals surface area contributed by atoms with E-state index in [1.807, 2.05) is 33.9 Å². The molecule has 0 amide bonds. The van der Waals surface area contributed by atoms with E-state index in [1.54, 1.807) is 0 Å². The van der Waals surface area contributed by atoms with Gasteiger partial charge >= 0.3 is 0 Å². The first-order valence-corrected chi connectivity index (χ1v) is 4.41. The summed E-state index contributed by atoms with van der Waals surface area (Å²) in [6.07, 6.45) is 2.95. The lowest BCUT2D eigenvalue weighted by molar-refractivity contribution is 0.728. The Balaban J connectivity index is 3.84. The molecule has 12 heavy (non-hydrogen) atoms. The molecule has 0 aromatic carbocycles. The maximum atomic E-state index is 4.13. The number of rotatable bonds is 5. The van der Waals surface area contributed by atoms with Crippen molar-refractivity contribution in [3.05, 3.63) is 11.8 Å². The van der Waals surface area contributed by atoms with Crippen molar-refractivity contribution in [1.82, 2.24) is 5.32 Å². The van der Waals surface area contributed by atoms with Crippen LogP contribution in [0.4, 0.5) is 0 Å². The highest BCUT2D eigenvalue weighted by Gasteiger charge is 1.92. The van der Waals surface area contributed by atoms with Gasteiger partial charge in [0, 0.05) is 13.0 Å². The average molecular weight is 169 g/mol. The molecule has 0 aliphatic carbocycles. The van der Waals surface area contributed by atoms with E-state index in [1.165, 1.54) is 0 Å². The Kier molecular flexibility index (Phi) is 6.57. The molecule has 0 radical (unpaired) electrons. The fourth-order valence-corrected chi connectivity index (χ4v) is 0.695. The standard InChI is InChI=1S/C9H19N3/c1-5-9(6-7-10-4)12-11-8(2)3/h5,8,10H,6-7H2,1-4H3/b9-5-,12-11-. The number of nitrogens with one attached hydrogen (secondary N) is 1. The van der Waals surface area contributed by atoms with Crippen LogP contribution in [0.2, 0.25) is 0 Å². The SMILES string of the molecule is C/C=C(CCNC)\N=N/C(C)C. The molecule has 0 saturated heterocycles. The molecule has 0 atom stereocenters. The highest BCUT2D eigenvalue weighted by molar-refractivity contribution is 4.97. The highest BCUT2D eigenvalue weighted by atomic mass is 15.1. The first kappa shape index (κ1) is 11.3. The quantitative estimate of drug-likeness (QED) is 0.630. The second-order valence-electron chi connectivity index (χ2n) is 2.94. The van der Waals surface area contributed by atoms with Gasteiger partial charge in [-0.05, 0) is 27.8 Å². The van der Waals surface area contributed by atoms with Gasteiger partial charge in [0.1, 0.15) is 0 Å². The van der Waals surface area contributed by atoms with Gasteiger partial charge in [-0.15, -0.1) is 0 Å². The van der Waals surface area contributed by atoms with Crippen LogP contribution in [0.1, 0.15) is 27.2 Å². The third-order valence-electron chi connectivity index (χ3n) is 1.38. The van der Waals surface area contributed by atoms with Crippen LogP contribution in [0.3, 0.4) is 0 Å². The van der Waals surface area contributed by atoms with Gasteiger partial charge in [0.05, 0.1) is 11.7 Å². The maximum absolute atomic E-state index is 4.13. The first-order valence-electron chi connectivity index (χ1n) is 4.41. The van der Waals surface area contributed by atoms with Crippen molar-refractivity contribution in [2.75, 3.05) is 13.6 Å². The predicted molar refractivity (Wildman–Crippen MR) is 52.3 cm³/mol. The molecule has 0 aromatic heterocycles. The van der Waals surface area contributed by atoms with Crippen LogP contribution in [0, 0.1) is 0 Å². The van der Waals surface area contributed by atoms with Crippen molar-refractivity contribution < 1.29 is 0 Å². The van der Waals surface area contributed by atoms with Crippen LogP contribution >= 0.6 is 0 Å². The molecule has 3 nitrogen and oxygen atoms in total. The second-order valence-corrected chi connectivity index (χ2v) is 2.94. The van der Waals surface area contributed by atoms with E-state index in [4.69, 9.17) is 0 Å². The van der Waals surface area contributed by atoms with Crippen molar-refractivity contribution in [2.24, 2.45) is 10.2 Å². The number of allylic oxidation sites excluding steroid dienone is 1. The van der Waals surface area contributed by atoms with Gasteiger partial charge in [0.2, 0.25) is 0 Å². The summed E-state index contributed by atoms with van der Waals surface area (Å²) in [6.45, 7) is 6.99. The van der Waals surface area contributed by atoms with Gasteiger partial charge in [0.15, 0.2) is 0 Å². The summed E-state index contributed by atoms with van der Waals surface area (Å²) >= 11 is 0. The molecular weight excluding hydrogens is 150 g/mol. The molecule has 0 bridgehead atoms. The minimum Gasteiger partial charge on any atom is -0.319 e. The summed E-state index contributed by atoms with van der Waals surface area (Å²) in [5.41, 5.74) is 1.05. The Morgan fingerprint density at radius 3 is 2.58 bits per heavy atom. The summed E-state index contributed by atoms with van der Waals surface area (Å²) in [5.74, 6) is 0. The minimum absolute atomic E-state index is 0.287. The zero-order chi connectivity index (χ0) is 9.40. The summed E-state index contributed by atoms with van der Waals surface area (Å²) in [5, 5.41) is 11.3. The van der Waals surface area contributed by atoms with Gasteiger partial charge in [0.25, 0.3) is 0 Å². The normalized spacial score (nSPS) is 13.2. The number of nitrogens with zero attached hydrogens (tertiary/aromatic N) is 2. The molecule has 0 saturated carbocycles. The van der Waals surface area contributed by atoms with Crippen molar-refractivity contribution in [3.8, 4) is 0 Å². The second kappa shape index (κ2) is 6.98. The molecule has 1 N–H and O–H groups in total. The Bertz CT molecular complexity index is 159. The molecule has 0 rings (SSSR count). The number of hydrogen-bond acceptors (Lipinski definition) is 3. The Hall–Kier alpha value is -0.700. The van der Waals surface area contributed by atoms with Crippen LogP contribution in [0.25, 0.3) is 0 Å². The van der Waals surface area contributed by atoms with Gasteiger partial charge in [-0.1, -0.05) is 6.08 Å². The van der Waals surface area contributed by atoms with Crippen LogP contribution in [0.15, 0.2) is 22.0 Å².